The number of para-hydroxylation sites is 1. The van der Waals surface area contributed by atoms with Crippen molar-refractivity contribution in [3.05, 3.63) is 66.6 Å². The molecule has 0 unspecified atom stereocenters. The number of ether oxygens (including phenoxy) is 2. The van der Waals surface area contributed by atoms with E-state index in [4.69, 9.17) is 13.9 Å². The number of aromatic nitrogens is 1. The van der Waals surface area contributed by atoms with Crippen LogP contribution in [0.3, 0.4) is 0 Å². The molecule has 0 fully saturated rings. The third kappa shape index (κ3) is 5.01. The Labute approximate surface area is 195 Å². The van der Waals surface area contributed by atoms with Crippen LogP contribution < -0.4 is 14.4 Å². The minimum Gasteiger partial charge on any atom is -0.497 e. The number of amides is 1. The maximum atomic E-state index is 13.2. The zero-order chi connectivity index (χ0) is 23.4. The lowest BCUT2D eigenvalue weighted by Crippen LogP contribution is -2.31. The van der Waals surface area contributed by atoms with Crippen molar-refractivity contribution < 1.29 is 27.1 Å². The summed E-state index contributed by atoms with van der Waals surface area (Å²) in [4.78, 5) is 19.4. The Morgan fingerprint density at radius 1 is 1.06 bits per heavy atom. The Bertz CT molecular complexity index is 1350. The van der Waals surface area contributed by atoms with Gasteiger partial charge in [0.25, 0.3) is 0 Å². The molecular weight excluding hydrogens is 464 g/mol. The number of sulfone groups is 1. The van der Waals surface area contributed by atoms with Gasteiger partial charge in [-0.1, -0.05) is 17.4 Å². The second kappa shape index (κ2) is 9.63. The van der Waals surface area contributed by atoms with E-state index in [0.717, 1.165) is 4.70 Å². The standard InChI is InChI=1S/C23H22N2O6S2/c1-29-16-8-10-18(11-9-16)33(27,28)14-12-21(26)25(15-17-5-4-13-31-17)23-24-22-19(30-2)6-3-7-20(22)32-23/h3-11,13H,12,14-15H2,1-2H3. The van der Waals surface area contributed by atoms with Crippen molar-refractivity contribution in [2.24, 2.45) is 0 Å². The van der Waals surface area contributed by atoms with Gasteiger partial charge in [0.05, 0.1) is 42.4 Å². The van der Waals surface area contributed by atoms with E-state index < -0.39 is 9.84 Å². The van der Waals surface area contributed by atoms with E-state index >= 15 is 0 Å². The molecule has 0 N–H and O–H groups in total. The van der Waals surface area contributed by atoms with Gasteiger partial charge in [0, 0.05) is 6.42 Å². The highest BCUT2D eigenvalue weighted by atomic mass is 32.2. The highest BCUT2D eigenvalue weighted by Gasteiger charge is 2.25. The van der Waals surface area contributed by atoms with Gasteiger partial charge in [0.2, 0.25) is 5.91 Å². The summed E-state index contributed by atoms with van der Waals surface area (Å²) in [6, 6.07) is 15.1. The largest absolute Gasteiger partial charge is 0.497 e. The highest BCUT2D eigenvalue weighted by molar-refractivity contribution is 7.91. The fourth-order valence-electron chi connectivity index (χ4n) is 3.27. The topological polar surface area (TPSA) is 98.9 Å². The molecule has 33 heavy (non-hydrogen) atoms. The molecule has 0 aliphatic heterocycles. The van der Waals surface area contributed by atoms with E-state index in [1.807, 2.05) is 12.1 Å². The molecule has 1 amide bonds. The van der Waals surface area contributed by atoms with Crippen LogP contribution >= 0.6 is 11.3 Å². The van der Waals surface area contributed by atoms with E-state index in [0.29, 0.717) is 27.9 Å². The molecule has 0 bridgehead atoms. The van der Waals surface area contributed by atoms with Crippen LogP contribution in [0.15, 0.2) is 70.2 Å². The zero-order valence-electron chi connectivity index (χ0n) is 18.1. The number of benzene rings is 2. The van der Waals surface area contributed by atoms with Crippen molar-refractivity contribution in [3.8, 4) is 11.5 Å². The average molecular weight is 487 g/mol. The van der Waals surface area contributed by atoms with Crippen molar-refractivity contribution in [2.45, 2.75) is 17.9 Å². The number of carbonyl (C=O) groups excluding carboxylic acids is 1. The summed E-state index contributed by atoms with van der Waals surface area (Å²) in [5.74, 6) is 1.01. The summed E-state index contributed by atoms with van der Waals surface area (Å²) in [5.41, 5.74) is 0.642. The predicted molar refractivity (Wildman–Crippen MR) is 126 cm³/mol. The summed E-state index contributed by atoms with van der Waals surface area (Å²) in [5, 5.41) is 0.442. The molecule has 0 aliphatic carbocycles. The van der Waals surface area contributed by atoms with Gasteiger partial charge in [-0.15, -0.1) is 0 Å². The van der Waals surface area contributed by atoms with Crippen LogP contribution in [0.4, 0.5) is 5.13 Å². The van der Waals surface area contributed by atoms with Gasteiger partial charge in [-0.05, 0) is 48.5 Å². The van der Waals surface area contributed by atoms with Gasteiger partial charge < -0.3 is 13.9 Å². The number of thiazole rings is 1. The molecule has 0 aliphatic rings. The molecule has 4 aromatic rings. The molecule has 2 aromatic heterocycles. The van der Waals surface area contributed by atoms with E-state index in [2.05, 4.69) is 4.98 Å². The highest BCUT2D eigenvalue weighted by Crippen LogP contribution is 2.35. The lowest BCUT2D eigenvalue weighted by molar-refractivity contribution is -0.118. The summed E-state index contributed by atoms with van der Waals surface area (Å²) in [7, 11) is -0.590. The molecule has 0 atom stereocenters. The molecular formula is C23H22N2O6S2. The Hall–Kier alpha value is -3.37. The van der Waals surface area contributed by atoms with Crippen molar-refractivity contribution >= 4 is 42.4 Å². The summed E-state index contributed by atoms with van der Waals surface area (Å²) in [6.07, 6.45) is 1.32. The van der Waals surface area contributed by atoms with Crippen LogP contribution in [-0.2, 0) is 21.2 Å². The quantitative estimate of drug-likeness (QED) is 0.348. The third-order valence-electron chi connectivity index (χ3n) is 5.02. The first-order chi connectivity index (χ1) is 15.9. The zero-order valence-corrected chi connectivity index (χ0v) is 19.7. The Morgan fingerprint density at radius 2 is 1.85 bits per heavy atom. The SMILES string of the molecule is COc1ccc(S(=O)(=O)CCC(=O)N(Cc2ccco2)c2nc3c(OC)cccc3s2)cc1. The molecule has 0 saturated carbocycles. The fourth-order valence-corrected chi connectivity index (χ4v) is 5.50. The van der Waals surface area contributed by atoms with Gasteiger partial charge in [-0.3, -0.25) is 9.69 Å². The minimum absolute atomic E-state index is 0.135. The van der Waals surface area contributed by atoms with Crippen LogP contribution in [0, 0.1) is 0 Å². The fraction of sp³-hybridized carbons (Fsp3) is 0.217. The van der Waals surface area contributed by atoms with Gasteiger partial charge in [0.15, 0.2) is 15.0 Å². The number of anilines is 1. The lowest BCUT2D eigenvalue weighted by atomic mass is 10.3. The predicted octanol–water partition coefficient (Wildman–Crippen LogP) is 4.30. The maximum absolute atomic E-state index is 13.2. The molecule has 4 rings (SSSR count). The first-order valence-corrected chi connectivity index (χ1v) is 12.5. The van der Waals surface area contributed by atoms with E-state index in [-0.39, 0.29) is 29.5 Å². The molecule has 0 saturated heterocycles. The summed E-state index contributed by atoms with van der Waals surface area (Å²) in [6.45, 7) is 0.135. The summed E-state index contributed by atoms with van der Waals surface area (Å²) < 4.78 is 42.3. The van der Waals surface area contributed by atoms with Crippen LogP contribution in [0.2, 0.25) is 0 Å². The molecule has 2 heterocycles. The van der Waals surface area contributed by atoms with Crippen LogP contribution in [0.5, 0.6) is 11.5 Å². The number of hydrogen-bond acceptors (Lipinski definition) is 8. The first kappa shape index (κ1) is 22.8. The third-order valence-corrected chi connectivity index (χ3v) is 7.80. The van der Waals surface area contributed by atoms with Crippen LogP contribution in [-0.4, -0.2) is 39.3 Å². The maximum Gasteiger partial charge on any atom is 0.230 e. The van der Waals surface area contributed by atoms with Crippen molar-refractivity contribution in [1.82, 2.24) is 4.98 Å². The molecule has 10 heteroatoms. The minimum atomic E-state index is -3.66. The molecule has 0 radical (unpaired) electrons. The normalized spacial score (nSPS) is 11.5. The second-order valence-electron chi connectivity index (χ2n) is 7.11. The van der Waals surface area contributed by atoms with Crippen LogP contribution in [0.1, 0.15) is 12.2 Å². The molecule has 172 valence electrons. The number of nitrogens with zero attached hydrogens (tertiary/aromatic N) is 2. The van der Waals surface area contributed by atoms with E-state index in [1.54, 1.807) is 37.4 Å². The van der Waals surface area contributed by atoms with E-state index in [1.165, 1.54) is 41.7 Å². The van der Waals surface area contributed by atoms with Crippen molar-refractivity contribution in [1.29, 1.82) is 0 Å². The molecule has 0 spiro atoms. The first-order valence-electron chi connectivity index (χ1n) is 10.0. The molecule has 8 nitrogen and oxygen atoms in total. The number of hydrogen-bond donors (Lipinski definition) is 0. The molecule has 2 aromatic carbocycles. The van der Waals surface area contributed by atoms with Gasteiger partial charge >= 0.3 is 0 Å². The number of furan rings is 1. The number of carbonyl (C=O) groups is 1. The Morgan fingerprint density at radius 3 is 2.52 bits per heavy atom. The van der Waals surface area contributed by atoms with Crippen LogP contribution in [0.25, 0.3) is 10.2 Å². The van der Waals surface area contributed by atoms with Gasteiger partial charge in [-0.2, -0.15) is 0 Å². The van der Waals surface area contributed by atoms with Gasteiger partial charge in [-0.25, -0.2) is 13.4 Å². The van der Waals surface area contributed by atoms with E-state index in [9.17, 15) is 13.2 Å². The number of fused-ring (bicyclic) bond motifs is 1. The smallest absolute Gasteiger partial charge is 0.230 e. The lowest BCUT2D eigenvalue weighted by Gasteiger charge is -2.18. The number of methoxy groups -OCH3 is 2. The Balaban J connectivity index is 1.58. The van der Waals surface area contributed by atoms with Crippen molar-refractivity contribution in [2.75, 3.05) is 24.9 Å². The monoisotopic (exact) mass is 486 g/mol. The van der Waals surface area contributed by atoms with Gasteiger partial charge in [0.1, 0.15) is 22.8 Å². The van der Waals surface area contributed by atoms with Crippen molar-refractivity contribution in [3.63, 3.8) is 0 Å². The average Bonchev–Trinajstić information content (AvgIpc) is 3.50. The second-order valence-corrected chi connectivity index (χ2v) is 10.2. The Kier molecular flexibility index (Phi) is 6.66. The summed E-state index contributed by atoms with van der Waals surface area (Å²) >= 11 is 1.33. The number of rotatable bonds is 9.